The fourth-order valence-electron chi connectivity index (χ4n) is 5.30. The van der Waals surface area contributed by atoms with Gasteiger partial charge in [0.05, 0.1) is 38.2 Å². The lowest BCUT2D eigenvalue weighted by Crippen LogP contribution is -2.40. The quantitative estimate of drug-likeness (QED) is 0.0808. The second-order valence-electron chi connectivity index (χ2n) is 10.8. The number of nitrogens with zero attached hydrogens (tertiary/aromatic N) is 2. The van der Waals surface area contributed by atoms with Gasteiger partial charge in [-0.05, 0) is 55.1 Å². The summed E-state index contributed by atoms with van der Waals surface area (Å²) in [6.07, 6.45) is -1.86. The smallest absolute Gasteiger partial charge is 0.251 e. The van der Waals surface area contributed by atoms with Gasteiger partial charge < -0.3 is 34.0 Å². The highest BCUT2D eigenvalue weighted by molar-refractivity contribution is 6.17. The third-order valence-corrected chi connectivity index (χ3v) is 7.99. The lowest BCUT2D eigenvalue weighted by atomic mass is 9.89. The minimum atomic E-state index is -2.91. The van der Waals surface area contributed by atoms with E-state index in [2.05, 4.69) is 5.32 Å². The molecule has 0 atom stereocenters. The second kappa shape index (κ2) is 15.8. The summed E-state index contributed by atoms with van der Waals surface area (Å²) in [6.45, 7) is -9.66. The Morgan fingerprint density at radius 3 is 2.53 bits per heavy atom. The molecular weight excluding hydrogens is 618 g/mol. The number of carboxylic acids is 1. The third-order valence-electron chi connectivity index (χ3n) is 7.72. The van der Waals surface area contributed by atoms with Gasteiger partial charge in [-0.2, -0.15) is 0 Å². The first-order valence-corrected chi connectivity index (χ1v) is 15.9. The molecule has 10 heteroatoms. The number of anilines is 1. The van der Waals surface area contributed by atoms with Crippen LogP contribution in [0.15, 0.2) is 59.0 Å². The van der Waals surface area contributed by atoms with Crippen LogP contribution in [0.3, 0.4) is 0 Å². The summed E-state index contributed by atoms with van der Waals surface area (Å²) < 4.78 is 117. The zero-order chi connectivity index (χ0) is 43.3. The Labute approximate surface area is 296 Å². The molecule has 6 rings (SSSR count). The second-order valence-corrected chi connectivity index (χ2v) is 11.2. The average Bonchev–Trinajstić information content (AvgIpc) is 3.16. The molecule has 2 aromatic rings. The molecule has 0 radical (unpaired) electrons. The highest BCUT2D eigenvalue weighted by Gasteiger charge is 2.24. The molecule has 2 saturated heterocycles. The van der Waals surface area contributed by atoms with Crippen LogP contribution in [0.5, 0.6) is 0 Å². The number of rotatable bonds is 16. The molecule has 3 aliphatic heterocycles. The third kappa shape index (κ3) is 7.80. The first-order chi connectivity index (χ1) is 27.6. The molecule has 3 heterocycles. The van der Waals surface area contributed by atoms with Crippen LogP contribution < -0.4 is 25.3 Å². The van der Waals surface area contributed by atoms with Gasteiger partial charge in [-0.15, -0.1) is 11.6 Å². The molecule has 248 valence electrons. The molecular formula is C37H42ClN3O6. The number of hydrogen-bond donors (Lipinski definition) is 1. The van der Waals surface area contributed by atoms with Crippen molar-refractivity contribution in [2.75, 3.05) is 69.7 Å². The molecule has 4 aliphatic rings. The Balaban J connectivity index is 1.38. The largest absolute Gasteiger partial charge is 0.545 e. The molecule has 2 aromatic carbocycles. The topological polar surface area (TPSA) is 107 Å². The summed E-state index contributed by atoms with van der Waals surface area (Å²) in [5.41, 5.74) is -0.239. The van der Waals surface area contributed by atoms with Crippen LogP contribution in [0.2, 0.25) is 0 Å². The molecule has 2 fully saturated rings. The van der Waals surface area contributed by atoms with E-state index in [1.165, 1.54) is 54.6 Å². The number of amides is 1. The SMILES string of the molecule is [2H]C1([2H])N(c2ccc3c(-c4cc(C(=O)NCCOCCOCCCCCCCl)ccc4C(=O)[O-])c4ccc(=[N+]5C([2H])([2H])C([2H])([2H])C5([2H])[2H])cc-4oc3c2)C([2H])([2H])C1([2H])[2H]. The van der Waals surface area contributed by atoms with E-state index in [-0.39, 0.29) is 68.7 Å². The van der Waals surface area contributed by atoms with Gasteiger partial charge >= 0.3 is 0 Å². The molecule has 1 aliphatic carbocycles. The van der Waals surface area contributed by atoms with Crippen LogP contribution in [0.1, 0.15) is 75.6 Å². The number of benzene rings is 3. The summed E-state index contributed by atoms with van der Waals surface area (Å²) in [5.74, 6) is -1.64. The van der Waals surface area contributed by atoms with Crippen LogP contribution in [0.4, 0.5) is 5.69 Å². The van der Waals surface area contributed by atoms with Crippen molar-refractivity contribution in [1.82, 2.24) is 9.89 Å². The van der Waals surface area contributed by atoms with Crippen molar-refractivity contribution < 1.29 is 45.0 Å². The summed E-state index contributed by atoms with van der Waals surface area (Å²) in [6, 6.07) is 11.6. The molecule has 1 amide bonds. The number of carbonyl (C=O) groups is 2. The number of halogens is 1. The average molecular weight is 672 g/mol. The van der Waals surface area contributed by atoms with E-state index in [4.69, 9.17) is 41.9 Å². The van der Waals surface area contributed by atoms with Gasteiger partial charge in [-0.1, -0.05) is 18.9 Å². The summed E-state index contributed by atoms with van der Waals surface area (Å²) in [7, 11) is 0. The number of carbonyl (C=O) groups excluding carboxylic acids is 2. The van der Waals surface area contributed by atoms with Crippen LogP contribution in [-0.4, -0.2) is 76.7 Å². The van der Waals surface area contributed by atoms with Crippen molar-refractivity contribution in [3.63, 3.8) is 0 Å². The molecule has 0 bridgehead atoms. The first-order valence-electron chi connectivity index (χ1n) is 21.4. The number of fused-ring (bicyclic) bond motifs is 2. The monoisotopic (exact) mass is 671 g/mol. The predicted molar refractivity (Wildman–Crippen MR) is 182 cm³/mol. The number of hydrogen-bond acceptors (Lipinski definition) is 7. The van der Waals surface area contributed by atoms with Gasteiger partial charge in [0.2, 0.25) is 5.36 Å². The molecule has 0 aromatic heterocycles. The van der Waals surface area contributed by atoms with Crippen molar-refractivity contribution >= 4 is 40.1 Å². The maximum Gasteiger partial charge on any atom is 0.251 e. The standard InChI is InChI=1S/C37H42ClN3O6/c38-13-3-1-2-4-19-45-21-22-46-20-14-39-36(42)26-7-10-29(37(43)44)32(23-26)35-30-11-8-27(40-15-5-16-40)24-33(30)47-34-25-28(9-12-31(34)35)41-17-6-18-41/h7-12,23-25H,1-6,13-22H2,(H-,39,42,43,44)/i5D2,6D2,15D2,16D2,17D2,18D2. The van der Waals surface area contributed by atoms with E-state index in [0.29, 0.717) is 35.2 Å². The van der Waals surface area contributed by atoms with Crippen LogP contribution in [0, 0.1) is 0 Å². The molecule has 0 spiro atoms. The number of carboxylic acid groups (broad SMARTS) is 1. The number of ether oxygens (including phenoxy) is 2. The van der Waals surface area contributed by atoms with Crippen LogP contribution in [0.25, 0.3) is 33.4 Å². The van der Waals surface area contributed by atoms with Gasteiger partial charge in [0.25, 0.3) is 5.91 Å². The van der Waals surface area contributed by atoms with Gasteiger partial charge in [0.1, 0.15) is 29.8 Å². The highest BCUT2D eigenvalue weighted by atomic mass is 35.5. The van der Waals surface area contributed by atoms with E-state index < -0.39 is 50.6 Å². The Kier molecular flexibility index (Phi) is 7.10. The van der Waals surface area contributed by atoms with Crippen LogP contribution >= 0.6 is 11.6 Å². The lowest BCUT2D eigenvalue weighted by molar-refractivity contribution is -0.254. The summed E-state index contributed by atoms with van der Waals surface area (Å²) in [5, 5.41) is 15.4. The van der Waals surface area contributed by atoms with Gasteiger partial charge in [0.15, 0.2) is 0 Å². The Bertz CT molecular complexity index is 2270. The Morgan fingerprint density at radius 2 is 1.72 bits per heavy atom. The number of nitrogens with one attached hydrogen (secondary N) is 1. The Morgan fingerprint density at radius 1 is 0.915 bits per heavy atom. The number of alkyl halides is 1. The van der Waals surface area contributed by atoms with Crippen molar-refractivity contribution in [3.8, 4) is 22.5 Å². The lowest BCUT2D eigenvalue weighted by Gasteiger charge is -2.33. The molecule has 9 nitrogen and oxygen atoms in total. The fraction of sp³-hybridized carbons (Fsp3) is 0.432. The Hall–Kier alpha value is -3.92. The van der Waals surface area contributed by atoms with Crippen molar-refractivity contribution in [2.45, 2.75) is 38.4 Å². The van der Waals surface area contributed by atoms with E-state index in [1.807, 2.05) is 0 Å². The molecule has 1 N–H and O–H groups in total. The van der Waals surface area contributed by atoms with Gasteiger partial charge in [0, 0.05) is 88.5 Å². The number of unbranched alkanes of at least 4 members (excludes halogenated alkanes) is 3. The highest BCUT2D eigenvalue weighted by Crippen LogP contribution is 2.42. The van der Waals surface area contributed by atoms with Gasteiger partial charge in [-0.3, -0.25) is 4.79 Å². The maximum atomic E-state index is 13.4. The minimum absolute atomic E-state index is 0.0307. The molecule has 47 heavy (non-hydrogen) atoms. The van der Waals surface area contributed by atoms with Crippen LogP contribution in [-0.2, 0) is 9.47 Å². The predicted octanol–water partition coefficient (Wildman–Crippen LogP) is 4.52. The van der Waals surface area contributed by atoms with Crippen molar-refractivity contribution in [3.05, 3.63) is 71.1 Å². The van der Waals surface area contributed by atoms with Gasteiger partial charge in [-0.25, -0.2) is 4.58 Å². The molecule has 0 unspecified atom stereocenters. The fourth-order valence-corrected chi connectivity index (χ4v) is 5.49. The van der Waals surface area contributed by atoms with Crippen molar-refractivity contribution in [1.29, 1.82) is 0 Å². The summed E-state index contributed by atoms with van der Waals surface area (Å²) in [4.78, 5) is 26.6. The maximum absolute atomic E-state index is 13.4. The van der Waals surface area contributed by atoms with E-state index in [0.717, 1.165) is 25.7 Å². The van der Waals surface area contributed by atoms with E-state index in [1.54, 1.807) is 0 Å². The first kappa shape index (κ1) is 21.1. The normalized spacial score (nSPS) is 24.5. The number of aromatic carboxylic acids is 1. The zero-order valence-electron chi connectivity index (χ0n) is 37.5. The summed E-state index contributed by atoms with van der Waals surface area (Å²) >= 11 is 5.69. The zero-order valence-corrected chi connectivity index (χ0v) is 26.2. The van der Waals surface area contributed by atoms with E-state index >= 15 is 0 Å². The van der Waals surface area contributed by atoms with Crippen molar-refractivity contribution in [2.24, 2.45) is 0 Å². The van der Waals surface area contributed by atoms with E-state index in [9.17, 15) is 14.7 Å². The molecule has 0 saturated carbocycles. The minimum Gasteiger partial charge on any atom is -0.545 e.